The van der Waals surface area contributed by atoms with Crippen LogP contribution in [0.15, 0.2) is 17.7 Å². The summed E-state index contributed by atoms with van der Waals surface area (Å²) in [5.41, 5.74) is 4.13. The second-order valence-electron chi connectivity index (χ2n) is 7.88. The van der Waals surface area contributed by atoms with E-state index in [0.29, 0.717) is 17.6 Å². The number of phenolic OH excluding ortho intramolecular Hbond substituents is 2. The molecule has 0 amide bonds. The molecule has 2 nitrogen and oxygen atoms in total. The topological polar surface area (TPSA) is 40.5 Å². The van der Waals surface area contributed by atoms with Crippen molar-refractivity contribution < 1.29 is 10.2 Å². The van der Waals surface area contributed by atoms with Crippen LogP contribution in [-0.2, 0) is 6.42 Å². The second-order valence-corrected chi connectivity index (χ2v) is 7.88. The molecule has 0 bridgehead atoms. The van der Waals surface area contributed by atoms with Crippen molar-refractivity contribution in [1.29, 1.82) is 0 Å². The van der Waals surface area contributed by atoms with E-state index in [-0.39, 0.29) is 11.7 Å². The van der Waals surface area contributed by atoms with E-state index >= 15 is 0 Å². The van der Waals surface area contributed by atoms with E-state index in [2.05, 4.69) is 33.8 Å². The Bertz CT molecular complexity index is 598. The molecule has 2 N–H and O–H groups in total. The molecular formula is C22H34O2. The standard InChI is InChI=1S/C22H34O2/c1-6-7-8-9-17-13-20(23)21(22(24)16(17)5)19-12-15(4)10-11-18(19)14(2)3/h12-14,18-19,23-24H,6-11H2,1-5H3/t18-,19+/m0/s1. The first-order valence-corrected chi connectivity index (χ1v) is 9.58. The second kappa shape index (κ2) is 8.09. The number of hydrogen-bond acceptors (Lipinski definition) is 2. The van der Waals surface area contributed by atoms with E-state index < -0.39 is 0 Å². The van der Waals surface area contributed by atoms with Crippen LogP contribution in [-0.4, -0.2) is 10.2 Å². The van der Waals surface area contributed by atoms with E-state index in [1.807, 2.05) is 13.0 Å². The Morgan fingerprint density at radius 1 is 1.17 bits per heavy atom. The average molecular weight is 331 g/mol. The fraction of sp³-hybridized carbons (Fsp3) is 0.636. The molecule has 0 spiro atoms. The van der Waals surface area contributed by atoms with Crippen molar-refractivity contribution in [3.8, 4) is 11.5 Å². The van der Waals surface area contributed by atoms with Gasteiger partial charge in [0.25, 0.3) is 0 Å². The van der Waals surface area contributed by atoms with E-state index in [9.17, 15) is 10.2 Å². The van der Waals surface area contributed by atoms with Gasteiger partial charge in [0.15, 0.2) is 0 Å². The first kappa shape index (κ1) is 18.9. The molecule has 0 radical (unpaired) electrons. The molecule has 1 aliphatic rings. The smallest absolute Gasteiger partial charge is 0.126 e. The summed E-state index contributed by atoms with van der Waals surface area (Å²) in [5.74, 6) is 1.69. The summed E-state index contributed by atoms with van der Waals surface area (Å²) in [6.45, 7) is 10.8. The lowest BCUT2D eigenvalue weighted by Gasteiger charge is -2.34. The Kier molecular flexibility index (Phi) is 6.37. The fourth-order valence-corrected chi connectivity index (χ4v) is 4.11. The predicted molar refractivity (Wildman–Crippen MR) is 102 cm³/mol. The molecule has 1 aromatic rings. The first-order chi connectivity index (χ1) is 11.4. The minimum absolute atomic E-state index is 0.113. The fourth-order valence-electron chi connectivity index (χ4n) is 4.11. The highest BCUT2D eigenvalue weighted by molar-refractivity contribution is 5.55. The van der Waals surface area contributed by atoms with Gasteiger partial charge in [-0.3, -0.25) is 0 Å². The maximum Gasteiger partial charge on any atom is 0.126 e. The highest BCUT2D eigenvalue weighted by Gasteiger charge is 2.32. The van der Waals surface area contributed by atoms with Gasteiger partial charge in [-0.2, -0.15) is 0 Å². The minimum Gasteiger partial charge on any atom is -0.507 e. The molecule has 0 aliphatic heterocycles. The van der Waals surface area contributed by atoms with Gasteiger partial charge in [-0.15, -0.1) is 0 Å². The first-order valence-electron chi connectivity index (χ1n) is 9.58. The Balaban J connectivity index is 2.42. The predicted octanol–water partition coefficient (Wildman–Crippen LogP) is 6.23. The zero-order valence-corrected chi connectivity index (χ0v) is 16.0. The molecule has 0 heterocycles. The van der Waals surface area contributed by atoms with Gasteiger partial charge in [0.1, 0.15) is 11.5 Å². The molecule has 0 saturated carbocycles. The van der Waals surface area contributed by atoms with Crippen molar-refractivity contribution in [3.63, 3.8) is 0 Å². The summed E-state index contributed by atoms with van der Waals surface area (Å²) in [7, 11) is 0. The van der Waals surface area contributed by atoms with E-state index in [0.717, 1.165) is 42.4 Å². The van der Waals surface area contributed by atoms with Crippen LogP contribution in [0.3, 0.4) is 0 Å². The number of allylic oxidation sites excluding steroid dienone is 2. The molecule has 0 aromatic heterocycles. The van der Waals surface area contributed by atoms with Gasteiger partial charge < -0.3 is 10.2 Å². The van der Waals surface area contributed by atoms with Crippen LogP contribution in [0.25, 0.3) is 0 Å². The molecular weight excluding hydrogens is 296 g/mol. The number of benzene rings is 1. The molecule has 1 aromatic carbocycles. The highest BCUT2D eigenvalue weighted by Crippen LogP contribution is 2.48. The normalized spacial score (nSPS) is 21.2. The number of hydrogen-bond donors (Lipinski definition) is 2. The van der Waals surface area contributed by atoms with E-state index in [4.69, 9.17) is 0 Å². The van der Waals surface area contributed by atoms with Crippen LogP contribution < -0.4 is 0 Å². The van der Waals surface area contributed by atoms with Crippen LogP contribution in [0, 0.1) is 18.8 Å². The highest BCUT2D eigenvalue weighted by atomic mass is 16.3. The quantitative estimate of drug-likeness (QED) is 0.479. The molecule has 134 valence electrons. The largest absolute Gasteiger partial charge is 0.507 e. The van der Waals surface area contributed by atoms with Gasteiger partial charge in [-0.05, 0) is 68.6 Å². The summed E-state index contributed by atoms with van der Waals surface area (Å²) in [4.78, 5) is 0. The van der Waals surface area contributed by atoms with Gasteiger partial charge in [-0.25, -0.2) is 0 Å². The molecule has 2 heteroatoms. The van der Waals surface area contributed by atoms with Crippen LogP contribution in [0.2, 0.25) is 0 Å². The van der Waals surface area contributed by atoms with Crippen LogP contribution in [0.1, 0.15) is 82.4 Å². The average Bonchev–Trinajstić information content (AvgIpc) is 2.52. The number of aromatic hydroxyl groups is 2. The van der Waals surface area contributed by atoms with Gasteiger partial charge in [0.05, 0.1) is 0 Å². The Morgan fingerprint density at radius 3 is 2.50 bits per heavy atom. The summed E-state index contributed by atoms with van der Waals surface area (Å²) >= 11 is 0. The van der Waals surface area contributed by atoms with E-state index in [1.165, 1.54) is 18.4 Å². The maximum absolute atomic E-state index is 10.9. The third-order valence-corrected chi connectivity index (χ3v) is 5.72. The molecule has 2 atom stereocenters. The lowest BCUT2D eigenvalue weighted by Crippen LogP contribution is -2.21. The van der Waals surface area contributed by atoms with Crippen molar-refractivity contribution in [2.45, 2.75) is 79.1 Å². The van der Waals surface area contributed by atoms with Crippen molar-refractivity contribution in [2.75, 3.05) is 0 Å². The summed E-state index contributed by atoms with van der Waals surface area (Å²) < 4.78 is 0. The van der Waals surface area contributed by atoms with E-state index in [1.54, 1.807) is 0 Å². The summed E-state index contributed by atoms with van der Waals surface area (Å²) in [6.07, 6.45) is 8.90. The van der Waals surface area contributed by atoms with Gasteiger partial charge in [0.2, 0.25) is 0 Å². The summed E-state index contributed by atoms with van der Waals surface area (Å²) in [6, 6.07) is 1.90. The third-order valence-electron chi connectivity index (χ3n) is 5.72. The van der Waals surface area contributed by atoms with Crippen LogP contribution >= 0.6 is 0 Å². The number of unbranched alkanes of at least 4 members (excludes halogenated alkanes) is 2. The zero-order valence-electron chi connectivity index (χ0n) is 16.0. The lowest BCUT2D eigenvalue weighted by molar-refractivity contribution is 0.303. The molecule has 1 aliphatic carbocycles. The molecule has 24 heavy (non-hydrogen) atoms. The van der Waals surface area contributed by atoms with Crippen molar-refractivity contribution in [3.05, 3.63) is 34.4 Å². The van der Waals surface area contributed by atoms with Crippen molar-refractivity contribution in [1.82, 2.24) is 0 Å². The third kappa shape index (κ3) is 3.96. The zero-order chi connectivity index (χ0) is 17.9. The van der Waals surface area contributed by atoms with Gasteiger partial charge in [0, 0.05) is 11.5 Å². The van der Waals surface area contributed by atoms with Crippen molar-refractivity contribution in [2.24, 2.45) is 11.8 Å². The summed E-state index contributed by atoms with van der Waals surface area (Å²) in [5, 5.41) is 21.6. The van der Waals surface area contributed by atoms with Gasteiger partial charge in [-0.1, -0.05) is 45.3 Å². The van der Waals surface area contributed by atoms with Crippen LogP contribution in [0.4, 0.5) is 0 Å². The Hall–Kier alpha value is -1.44. The Labute approximate surface area is 147 Å². The number of phenols is 2. The minimum atomic E-state index is 0.113. The number of rotatable bonds is 6. The molecule has 2 rings (SSSR count). The molecule has 0 fully saturated rings. The SMILES string of the molecule is CCCCCc1cc(O)c([C@@H]2C=C(C)CC[C@H]2C(C)C)c(O)c1C. The number of aryl methyl sites for hydroxylation is 1. The Morgan fingerprint density at radius 2 is 1.88 bits per heavy atom. The van der Waals surface area contributed by atoms with Crippen LogP contribution in [0.5, 0.6) is 11.5 Å². The lowest BCUT2D eigenvalue weighted by atomic mass is 9.71. The monoisotopic (exact) mass is 330 g/mol. The maximum atomic E-state index is 10.9. The van der Waals surface area contributed by atoms with Gasteiger partial charge >= 0.3 is 0 Å². The van der Waals surface area contributed by atoms with Crippen molar-refractivity contribution >= 4 is 0 Å². The molecule has 0 unspecified atom stereocenters. The molecule has 0 saturated heterocycles.